The zero-order valence-electron chi connectivity index (χ0n) is 15.0. The summed E-state index contributed by atoms with van der Waals surface area (Å²) in [6.45, 7) is 0.379. The molecular formula is C22H20O5. The largest absolute Gasteiger partial charge is 0.497 e. The fourth-order valence-electron chi connectivity index (χ4n) is 2.38. The van der Waals surface area contributed by atoms with E-state index in [-0.39, 0.29) is 13.2 Å². The Labute approximate surface area is 158 Å². The lowest BCUT2D eigenvalue weighted by atomic mass is 10.2. The van der Waals surface area contributed by atoms with Crippen LogP contribution in [0.3, 0.4) is 0 Å². The monoisotopic (exact) mass is 364 g/mol. The number of methoxy groups -OCH3 is 1. The van der Waals surface area contributed by atoms with E-state index < -0.39 is 5.97 Å². The highest BCUT2D eigenvalue weighted by Crippen LogP contribution is 2.25. The molecule has 0 amide bonds. The zero-order valence-corrected chi connectivity index (χ0v) is 15.0. The van der Waals surface area contributed by atoms with Crippen molar-refractivity contribution < 1.29 is 23.7 Å². The lowest BCUT2D eigenvalue weighted by Gasteiger charge is -2.11. The van der Waals surface area contributed by atoms with Crippen LogP contribution in [-0.2, 0) is 4.74 Å². The van der Waals surface area contributed by atoms with Crippen molar-refractivity contribution in [1.82, 2.24) is 0 Å². The van der Waals surface area contributed by atoms with Crippen molar-refractivity contribution in [1.29, 1.82) is 0 Å². The van der Waals surface area contributed by atoms with Gasteiger partial charge in [-0.25, -0.2) is 4.79 Å². The number of carbonyl (C=O) groups excluding carboxylic acids is 1. The first-order valence-electron chi connectivity index (χ1n) is 8.52. The number of ether oxygens (including phenoxy) is 4. The van der Waals surface area contributed by atoms with E-state index in [2.05, 4.69) is 0 Å². The zero-order chi connectivity index (χ0) is 18.9. The van der Waals surface area contributed by atoms with E-state index >= 15 is 0 Å². The summed E-state index contributed by atoms with van der Waals surface area (Å²) in [5, 5.41) is 0. The highest BCUT2D eigenvalue weighted by molar-refractivity contribution is 5.92. The van der Waals surface area contributed by atoms with E-state index in [1.807, 2.05) is 36.4 Å². The van der Waals surface area contributed by atoms with Gasteiger partial charge in [-0.2, -0.15) is 0 Å². The van der Waals surface area contributed by atoms with Gasteiger partial charge in [0, 0.05) is 0 Å². The maximum absolute atomic E-state index is 12.4. The Morgan fingerprint density at radius 1 is 0.741 bits per heavy atom. The second-order valence-electron chi connectivity index (χ2n) is 5.57. The summed E-state index contributed by atoms with van der Waals surface area (Å²) < 4.78 is 21.7. The van der Waals surface area contributed by atoms with E-state index in [1.165, 1.54) is 0 Å². The molecule has 0 unspecified atom stereocenters. The van der Waals surface area contributed by atoms with Gasteiger partial charge in [-0.15, -0.1) is 0 Å². The lowest BCUT2D eigenvalue weighted by molar-refractivity contribution is 0.0447. The van der Waals surface area contributed by atoms with Crippen molar-refractivity contribution in [2.24, 2.45) is 0 Å². The second kappa shape index (κ2) is 9.29. The first kappa shape index (κ1) is 18.3. The predicted octanol–water partition coefficient (Wildman–Crippen LogP) is 4.72. The normalized spacial score (nSPS) is 10.1. The molecule has 27 heavy (non-hydrogen) atoms. The maximum Gasteiger partial charge on any atom is 0.342 e. The van der Waals surface area contributed by atoms with Gasteiger partial charge in [-0.1, -0.05) is 30.3 Å². The molecule has 0 radical (unpaired) electrons. The topological polar surface area (TPSA) is 54.0 Å². The van der Waals surface area contributed by atoms with Gasteiger partial charge < -0.3 is 18.9 Å². The molecule has 0 aromatic heterocycles. The first-order chi connectivity index (χ1) is 13.3. The Morgan fingerprint density at radius 2 is 1.41 bits per heavy atom. The molecule has 0 fully saturated rings. The van der Waals surface area contributed by atoms with Crippen LogP contribution in [0.4, 0.5) is 0 Å². The Morgan fingerprint density at radius 3 is 2.15 bits per heavy atom. The molecule has 0 N–H and O–H groups in total. The number of hydrogen-bond acceptors (Lipinski definition) is 5. The lowest BCUT2D eigenvalue weighted by Crippen LogP contribution is -2.13. The Bertz CT molecular complexity index is 859. The average molecular weight is 364 g/mol. The van der Waals surface area contributed by atoms with Crippen molar-refractivity contribution in [3.05, 3.63) is 84.4 Å². The number of para-hydroxylation sites is 2. The smallest absolute Gasteiger partial charge is 0.342 e. The van der Waals surface area contributed by atoms with E-state index in [9.17, 15) is 4.79 Å². The third-order valence-corrected chi connectivity index (χ3v) is 3.72. The Hall–Kier alpha value is -3.47. The summed E-state index contributed by atoms with van der Waals surface area (Å²) >= 11 is 0. The van der Waals surface area contributed by atoms with E-state index in [4.69, 9.17) is 18.9 Å². The number of carbonyl (C=O) groups is 1. The molecular weight excluding hydrogens is 344 g/mol. The van der Waals surface area contributed by atoms with Gasteiger partial charge in [0.2, 0.25) is 0 Å². The predicted molar refractivity (Wildman–Crippen MR) is 102 cm³/mol. The molecule has 3 rings (SSSR count). The highest BCUT2D eigenvalue weighted by Gasteiger charge is 2.14. The summed E-state index contributed by atoms with van der Waals surface area (Å²) in [5.74, 6) is 2.08. The minimum Gasteiger partial charge on any atom is -0.497 e. The Kier molecular flexibility index (Phi) is 6.30. The van der Waals surface area contributed by atoms with Crippen LogP contribution in [-0.4, -0.2) is 26.3 Å². The molecule has 0 aliphatic heterocycles. The summed E-state index contributed by atoms with van der Waals surface area (Å²) in [6, 6.07) is 23.5. The van der Waals surface area contributed by atoms with Gasteiger partial charge in [0.25, 0.3) is 0 Å². The SMILES string of the molecule is COc1ccc(OCCOC(=O)c2ccccc2Oc2ccccc2)cc1. The minimum atomic E-state index is -0.458. The van der Waals surface area contributed by atoms with Gasteiger partial charge in [0.1, 0.15) is 41.8 Å². The van der Waals surface area contributed by atoms with Crippen molar-refractivity contribution in [3.63, 3.8) is 0 Å². The van der Waals surface area contributed by atoms with E-state index in [0.717, 1.165) is 5.75 Å². The molecule has 0 atom stereocenters. The number of esters is 1. The summed E-state index contributed by atoms with van der Waals surface area (Å²) in [5.41, 5.74) is 0.366. The minimum absolute atomic E-state index is 0.129. The summed E-state index contributed by atoms with van der Waals surface area (Å²) in [6.07, 6.45) is 0. The maximum atomic E-state index is 12.4. The molecule has 3 aromatic rings. The van der Waals surface area contributed by atoms with Gasteiger partial charge in [0.15, 0.2) is 0 Å². The van der Waals surface area contributed by atoms with Crippen LogP contribution in [0.2, 0.25) is 0 Å². The standard InChI is InChI=1S/C22H20O5/c1-24-17-11-13-18(14-12-17)25-15-16-26-22(23)20-9-5-6-10-21(20)27-19-7-3-2-4-8-19/h2-14H,15-16H2,1H3. The van der Waals surface area contributed by atoms with Gasteiger partial charge >= 0.3 is 5.97 Å². The van der Waals surface area contributed by atoms with Gasteiger partial charge in [-0.3, -0.25) is 0 Å². The molecule has 0 spiro atoms. The van der Waals surface area contributed by atoms with Gasteiger partial charge in [-0.05, 0) is 48.5 Å². The highest BCUT2D eigenvalue weighted by atomic mass is 16.6. The number of rotatable bonds is 8. The molecule has 0 aliphatic rings. The van der Waals surface area contributed by atoms with Crippen LogP contribution < -0.4 is 14.2 Å². The molecule has 0 heterocycles. The first-order valence-corrected chi connectivity index (χ1v) is 8.52. The third kappa shape index (κ3) is 5.25. The van der Waals surface area contributed by atoms with Crippen molar-refractivity contribution in [2.45, 2.75) is 0 Å². The van der Waals surface area contributed by atoms with Crippen LogP contribution in [0.25, 0.3) is 0 Å². The van der Waals surface area contributed by atoms with Crippen LogP contribution in [0.15, 0.2) is 78.9 Å². The quantitative estimate of drug-likeness (QED) is 0.427. The number of benzene rings is 3. The fourth-order valence-corrected chi connectivity index (χ4v) is 2.38. The molecule has 0 aliphatic carbocycles. The summed E-state index contributed by atoms with van der Waals surface area (Å²) in [7, 11) is 1.61. The Balaban J connectivity index is 1.53. The molecule has 0 saturated carbocycles. The molecule has 5 nitrogen and oxygen atoms in total. The average Bonchev–Trinajstić information content (AvgIpc) is 2.72. The van der Waals surface area contributed by atoms with E-state index in [0.29, 0.717) is 22.8 Å². The molecule has 0 saturated heterocycles. The molecule has 3 aromatic carbocycles. The molecule has 138 valence electrons. The number of hydrogen-bond donors (Lipinski definition) is 0. The van der Waals surface area contributed by atoms with E-state index in [1.54, 1.807) is 49.6 Å². The fraction of sp³-hybridized carbons (Fsp3) is 0.136. The van der Waals surface area contributed by atoms with Crippen LogP contribution >= 0.6 is 0 Å². The van der Waals surface area contributed by atoms with Gasteiger partial charge in [0.05, 0.1) is 7.11 Å². The van der Waals surface area contributed by atoms with Crippen molar-refractivity contribution in [3.8, 4) is 23.0 Å². The molecule has 5 heteroatoms. The van der Waals surface area contributed by atoms with Crippen molar-refractivity contribution in [2.75, 3.05) is 20.3 Å². The van der Waals surface area contributed by atoms with Crippen molar-refractivity contribution >= 4 is 5.97 Å². The summed E-state index contributed by atoms with van der Waals surface area (Å²) in [4.78, 5) is 12.4. The second-order valence-corrected chi connectivity index (χ2v) is 5.57. The van der Waals surface area contributed by atoms with Crippen LogP contribution in [0.5, 0.6) is 23.0 Å². The third-order valence-electron chi connectivity index (χ3n) is 3.72. The molecule has 0 bridgehead atoms. The van der Waals surface area contributed by atoms with Crippen LogP contribution in [0, 0.1) is 0 Å². The van der Waals surface area contributed by atoms with Crippen LogP contribution in [0.1, 0.15) is 10.4 Å².